The molecule has 0 bridgehead atoms. The number of nitrogens with zero attached hydrogens (tertiary/aromatic N) is 5. The van der Waals surface area contributed by atoms with E-state index >= 15 is 0 Å². The highest BCUT2D eigenvalue weighted by Crippen LogP contribution is 2.48. The van der Waals surface area contributed by atoms with Crippen molar-refractivity contribution in [3.05, 3.63) is 83.4 Å². The van der Waals surface area contributed by atoms with Gasteiger partial charge in [0.2, 0.25) is 5.88 Å². The number of nitrogens with two attached hydrogens (primary N) is 1. The van der Waals surface area contributed by atoms with Crippen molar-refractivity contribution in [1.82, 2.24) is 24.6 Å². The van der Waals surface area contributed by atoms with Gasteiger partial charge in [-0.05, 0) is 74.9 Å². The van der Waals surface area contributed by atoms with E-state index in [1.807, 2.05) is 62.1 Å². The lowest BCUT2D eigenvalue weighted by molar-refractivity contribution is 0.0740. The van der Waals surface area contributed by atoms with E-state index in [0.717, 1.165) is 22.5 Å². The summed E-state index contributed by atoms with van der Waals surface area (Å²) in [6, 6.07) is 17.6. The molecule has 1 aromatic carbocycles. The molecule has 9 heteroatoms. The molecule has 1 saturated carbocycles. The third kappa shape index (κ3) is 4.90. The molecule has 0 radical (unpaired) electrons. The van der Waals surface area contributed by atoms with Crippen LogP contribution in [0.15, 0.2) is 60.7 Å². The van der Waals surface area contributed by atoms with Crippen LogP contribution in [0.3, 0.4) is 0 Å². The van der Waals surface area contributed by atoms with Gasteiger partial charge >= 0.3 is 0 Å². The van der Waals surface area contributed by atoms with Gasteiger partial charge in [-0.25, -0.2) is 9.37 Å². The van der Waals surface area contributed by atoms with Gasteiger partial charge in [-0.2, -0.15) is 5.10 Å². The number of aromatic nitrogens is 4. The lowest BCUT2D eigenvalue weighted by Gasteiger charge is -2.22. The second-order valence-corrected chi connectivity index (χ2v) is 11.1. The van der Waals surface area contributed by atoms with E-state index in [0.29, 0.717) is 36.1 Å². The molecule has 1 saturated heterocycles. The number of piperidine rings is 1. The second-order valence-electron chi connectivity index (χ2n) is 11.1. The van der Waals surface area contributed by atoms with Gasteiger partial charge in [0.15, 0.2) is 0 Å². The number of likely N-dealkylation sites (tertiary alicyclic amines) is 1. The van der Waals surface area contributed by atoms with Crippen molar-refractivity contribution in [3.63, 3.8) is 0 Å². The van der Waals surface area contributed by atoms with Crippen molar-refractivity contribution >= 4 is 5.91 Å². The standard InChI is InChI=1S/C30H31FN6O2/c1-17-6-5-7-23(33-17)25-14-26(36(4)35-25)29(38)37-15-21-22(16-37)28(21)39-27-13-19(30(2,3)32)12-24(34-27)18-8-10-20(31)11-9-18/h5-14,21-22,28H,15-16,32H2,1-4H3. The highest BCUT2D eigenvalue weighted by atomic mass is 19.1. The van der Waals surface area contributed by atoms with Crippen LogP contribution in [0.1, 0.15) is 35.6 Å². The Morgan fingerprint density at radius 3 is 2.38 bits per heavy atom. The first-order valence-corrected chi connectivity index (χ1v) is 13.1. The number of rotatable bonds is 6. The highest BCUT2D eigenvalue weighted by molar-refractivity contribution is 5.94. The lowest BCUT2D eigenvalue weighted by atomic mass is 9.95. The summed E-state index contributed by atoms with van der Waals surface area (Å²) < 4.78 is 21.4. The van der Waals surface area contributed by atoms with Gasteiger partial charge in [-0.15, -0.1) is 0 Å². The van der Waals surface area contributed by atoms with Gasteiger partial charge in [0.25, 0.3) is 5.91 Å². The number of carbonyl (C=O) groups is 1. The van der Waals surface area contributed by atoms with E-state index in [9.17, 15) is 9.18 Å². The van der Waals surface area contributed by atoms with Gasteiger partial charge in [-0.3, -0.25) is 14.5 Å². The van der Waals surface area contributed by atoms with Crippen LogP contribution in [0.4, 0.5) is 4.39 Å². The van der Waals surface area contributed by atoms with E-state index in [4.69, 9.17) is 15.5 Å². The predicted molar refractivity (Wildman–Crippen MR) is 145 cm³/mol. The van der Waals surface area contributed by atoms with Gasteiger partial charge in [0.1, 0.15) is 23.3 Å². The van der Waals surface area contributed by atoms with Crippen molar-refractivity contribution in [1.29, 1.82) is 0 Å². The van der Waals surface area contributed by atoms with E-state index < -0.39 is 5.54 Å². The fraction of sp³-hybridized carbons (Fsp3) is 0.333. The zero-order valence-electron chi connectivity index (χ0n) is 22.4. The average Bonchev–Trinajstić information content (AvgIpc) is 3.21. The highest BCUT2D eigenvalue weighted by Gasteiger charge is 2.59. The number of fused-ring (bicyclic) bond motifs is 1. The summed E-state index contributed by atoms with van der Waals surface area (Å²) in [5.41, 5.74) is 11.0. The topological polar surface area (TPSA) is 99.2 Å². The predicted octanol–water partition coefficient (Wildman–Crippen LogP) is 4.33. The summed E-state index contributed by atoms with van der Waals surface area (Å²) in [7, 11) is 1.78. The molecule has 1 amide bonds. The van der Waals surface area contributed by atoms with Crippen molar-refractivity contribution < 1.29 is 13.9 Å². The maximum absolute atomic E-state index is 13.5. The van der Waals surface area contributed by atoms with Crippen molar-refractivity contribution in [2.75, 3.05) is 13.1 Å². The van der Waals surface area contributed by atoms with Crippen LogP contribution in [-0.4, -0.2) is 49.7 Å². The van der Waals surface area contributed by atoms with Crippen LogP contribution in [0.2, 0.25) is 0 Å². The molecule has 3 aromatic heterocycles. The molecule has 200 valence electrons. The Morgan fingerprint density at radius 2 is 1.72 bits per heavy atom. The fourth-order valence-electron chi connectivity index (χ4n) is 5.30. The van der Waals surface area contributed by atoms with Gasteiger partial charge < -0.3 is 15.4 Å². The number of carbonyl (C=O) groups excluding carboxylic acids is 1. The normalized spacial score (nSPS) is 20.2. The Morgan fingerprint density at radius 1 is 1.00 bits per heavy atom. The summed E-state index contributed by atoms with van der Waals surface area (Å²) in [6.45, 7) is 7.01. The van der Waals surface area contributed by atoms with Gasteiger partial charge in [-0.1, -0.05) is 6.07 Å². The average molecular weight is 527 g/mol. The van der Waals surface area contributed by atoms with Crippen molar-refractivity contribution in [2.45, 2.75) is 32.4 Å². The smallest absolute Gasteiger partial charge is 0.272 e. The second kappa shape index (κ2) is 9.27. The SMILES string of the molecule is Cc1cccc(-c2cc(C(=O)N3CC4C(C3)C4Oc3cc(C(C)(C)N)cc(-c4ccc(F)cc4)n3)n(C)n2)n1. The zero-order chi connectivity index (χ0) is 27.5. The van der Waals surface area contributed by atoms with E-state index in [2.05, 4.69) is 10.1 Å². The Bertz CT molecular complexity index is 1550. The molecule has 1 aliphatic heterocycles. The van der Waals surface area contributed by atoms with Crippen LogP contribution in [0.5, 0.6) is 5.88 Å². The number of hydrogen-bond donors (Lipinski definition) is 1. The molecule has 1 aliphatic carbocycles. The number of pyridine rings is 2. The molecular formula is C30H31FN6O2. The van der Waals surface area contributed by atoms with Gasteiger partial charge in [0, 0.05) is 54.8 Å². The van der Waals surface area contributed by atoms with E-state index in [1.165, 1.54) is 12.1 Å². The molecule has 4 aromatic rings. The minimum Gasteiger partial charge on any atom is -0.474 e. The fourth-order valence-corrected chi connectivity index (χ4v) is 5.30. The van der Waals surface area contributed by atoms with Crippen LogP contribution in [-0.2, 0) is 12.6 Å². The number of aryl methyl sites for hydroxylation is 2. The maximum Gasteiger partial charge on any atom is 0.272 e. The molecule has 0 spiro atoms. The molecule has 6 rings (SSSR count). The van der Waals surface area contributed by atoms with Gasteiger partial charge in [0.05, 0.1) is 11.4 Å². The molecule has 2 fully saturated rings. The quantitative estimate of drug-likeness (QED) is 0.401. The number of halogens is 1. The maximum atomic E-state index is 13.5. The Labute approximate surface area is 226 Å². The number of benzene rings is 1. The first kappa shape index (κ1) is 25.2. The molecule has 4 heterocycles. The zero-order valence-corrected chi connectivity index (χ0v) is 22.4. The van der Waals surface area contributed by atoms with E-state index in [-0.39, 0.29) is 29.7 Å². The Kier molecular flexibility index (Phi) is 5.99. The third-order valence-electron chi connectivity index (χ3n) is 7.60. The van der Waals surface area contributed by atoms with Crippen LogP contribution < -0.4 is 10.5 Å². The minimum atomic E-state index is -0.603. The molecule has 8 nitrogen and oxygen atoms in total. The molecule has 2 unspecified atom stereocenters. The molecule has 2 N–H and O–H groups in total. The van der Waals surface area contributed by atoms with E-state index in [1.54, 1.807) is 23.9 Å². The van der Waals surface area contributed by atoms with Crippen molar-refractivity contribution in [3.8, 4) is 28.5 Å². The molecule has 39 heavy (non-hydrogen) atoms. The van der Waals surface area contributed by atoms with Crippen LogP contribution in [0.25, 0.3) is 22.6 Å². The number of hydrogen-bond acceptors (Lipinski definition) is 6. The monoisotopic (exact) mass is 526 g/mol. The largest absolute Gasteiger partial charge is 0.474 e. The summed E-state index contributed by atoms with van der Waals surface area (Å²) in [5, 5.41) is 4.52. The summed E-state index contributed by atoms with van der Waals surface area (Å²) in [5.74, 6) is 0.629. The summed E-state index contributed by atoms with van der Waals surface area (Å²) in [6.07, 6.45) is -0.0163. The molecule has 2 atom stereocenters. The third-order valence-corrected chi connectivity index (χ3v) is 7.60. The van der Waals surface area contributed by atoms with Crippen molar-refractivity contribution in [2.24, 2.45) is 24.6 Å². The first-order valence-electron chi connectivity index (χ1n) is 13.1. The van der Waals surface area contributed by atoms with Crippen LogP contribution >= 0.6 is 0 Å². The first-order chi connectivity index (χ1) is 18.6. The molecular weight excluding hydrogens is 495 g/mol. The molecule has 2 aliphatic rings. The number of amides is 1. The lowest BCUT2D eigenvalue weighted by Crippen LogP contribution is -2.34. The summed E-state index contributed by atoms with van der Waals surface area (Å²) in [4.78, 5) is 24.4. The van der Waals surface area contributed by atoms with Crippen LogP contribution in [0, 0.1) is 24.6 Å². The number of ether oxygens (including phenoxy) is 1. The Hall–Kier alpha value is -4.11. The summed E-state index contributed by atoms with van der Waals surface area (Å²) >= 11 is 0. The Balaban J connectivity index is 1.16. The minimum absolute atomic E-state index is 0.0163.